The van der Waals surface area contributed by atoms with Crippen molar-refractivity contribution in [3.63, 3.8) is 0 Å². The lowest BCUT2D eigenvalue weighted by molar-refractivity contribution is -0.142. The fraction of sp³-hybridized carbons (Fsp3) is 0.364. The molecule has 0 aliphatic rings. The van der Waals surface area contributed by atoms with Gasteiger partial charge < -0.3 is 15.2 Å². The smallest absolute Gasteiger partial charge is 0.307 e. The zero-order valence-corrected chi connectivity index (χ0v) is 16.5. The monoisotopic (exact) mass is 369 g/mol. The molecule has 0 heterocycles. The average molecular weight is 369 g/mol. The van der Waals surface area contributed by atoms with Crippen molar-refractivity contribution < 1.29 is 19.4 Å². The van der Waals surface area contributed by atoms with Crippen LogP contribution < -0.4 is 10.1 Å². The molecule has 2 aromatic carbocycles. The number of hydrogen-bond acceptors (Lipinski definition) is 3. The molecule has 2 N–H and O–H groups in total. The predicted octanol–water partition coefficient (Wildman–Crippen LogP) is 4.78. The van der Waals surface area contributed by atoms with E-state index in [1.807, 2.05) is 45.9 Å². The highest BCUT2D eigenvalue weighted by molar-refractivity contribution is 6.06. The molecule has 0 aromatic heterocycles. The van der Waals surface area contributed by atoms with E-state index in [2.05, 4.69) is 5.32 Å². The molecule has 2 unspecified atom stereocenters. The van der Waals surface area contributed by atoms with Crippen LogP contribution in [0.2, 0.25) is 0 Å². The molecule has 0 saturated carbocycles. The summed E-state index contributed by atoms with van der Waals surface area (Å²) in [6.07, 6.45) is 0.535. The number of carbonyl (C=O) groups is 2. The van der Waals surface area contributed by atoms with Gasteiger partial charge in [-0.1, -0.05) is 37.6 Å². The lowest BCUT2D eigenvalue weighted by Crippen LogP contribution is -2.20. The Hall–Kier alpha value is -2.82. The highest BCUT2D eigenvalue weighted by Gasteiger charge is 2.25. The highest BCUT2D eigenvalue weighted by atomic mass is 16.5. The summed E-state index contributed by atoms with van der Waals surface area (Å²) in [5.74, 6) is -1.17. The van der Waals surface area contributed by atoms with Gasteiger partial charge in [-0.25, -0.2) is 0 Å². The Bertz CT molecular complexity index is 844. The molecule has 144 valence electrons. The summed E-state index contributed by atoms with van der Waals surface area (Å²) in [5.41, 5.74) is 3.97. The third kappa shape index (κ3) is 4.67. The summed E-state index contributed by atoms with van der Waals surface area (Å²) >= 11 is 0. The van der Waals surface area contributed by atoms with Crippen LogP contribution in [0.4, 0.5) is 5.69 Å². The number of aryl methyl sites for hydroxylation is 2. The summed E-state index contributed by atoms with van der Waals surface area (Å²) in [4.78, 5) is 24.2. The van der Waals surface area contributed by atoms with Crippen molar-refractivity contribution >= 4 is 17.6 Å². The van der Waals surface area contributed by atoms with Crippen molar-refractivity contribution in [1.29, 1.82) is 0 Å². The topological polar surface area (TPSA) is 75.6 Å². The fourth-order valence-electron chi connectivity index (χ4n) is 3.34. The number of rotatable bonds is 7. The number of methoxy groups -OCH3 is 1. The Morgan fingerprint density at radius 2 is 1.85 bits per heavy atom. The average Bonchev–Trinajstić information content (AvgIpc) is 2.61. The van der Waals surface area contributed by atoms with E-state index in [1.54, 1.807) is 18.2 Å². The first-order chi connectivity index (χ1) is 12.8. The first-order valence-electron chi connectivity index (χ1n) is 9.07. The third-order valence-electron chi connectivity index (χ3n) is 4.98. The second kappa shape index (κ2) is 8.71. The number of aliphatic carboxylic acids is 1. The molecule has 5 heteroatoms. The minimum Gasteiger partial charge on any atom is -0.495 e. The van der Waals surface area contributed by atoms with Crippen molar-refractivity contribution in [2.24, 2.45) is 5.92 Å². The lowest BCUT2D eigenvalue weighted by Gasteiger charge is -2.21. The lowest BCUT2D eigenvalue weighted by atomic mass is 9.85. The molecule has 5 nitrogen and oxygen atoms in total. The van der Waals surface area contributed by atoms with E-state index in [-0.39, 0.29) is 11.8 Å². The van der Waals surface area contributed by atoms with Crippen molar-refractivity contribution in [1.82, 2.24) is 0 Å². The molecule has 0 saturated heterocycles. The summed E-state index contributed by atoms with van der Waals surface area (Å²) in [5, 5.41) is 12.3. The van der Waals surface area contributed by atoms with Gasteiger partial charge in [0.05, 0.1) is 18.7 Å². The van der Waals surface area contributed by atoms with E-state index in [4.69, 9.17) is 4.74 Å². The Morgan fingerprint density at radius 3 is 2.41 bits per heavy atom. The van der Waals surface area contributed by atoms with Crippen LogP contribution in [0.15, 0.2) is 36.4 Å². The maximum atomic E-state index is 12.7. The number of carboxylic acid groups (broad SMARTS) is 1. The molecule has 2 aromatic rings. The number of amides is 1. The molecule has 0 radical (unpaired) electrons. The van der Waals surface area contributed by atoms with Crippen LogP contribution in [0.3, 0.4) is 0 Å². The highest BCUT2D eigenvalue weighted by Crippen LogP contribution is 2.33. The number of anilines is 1. The number of carboxylic acids is 1. The molecule has 0 fully saturated rings. The minimum absolute atomic E-state index is 0.185. The van der Waals surface area contributed by atoms with Crippen LogP contribution in [-0.2, 0) is 4.79 Å². The van der Waals surface area contributed by atoms with Crippen molar-refractivity contribution in [3.8, 4) is 5.75 Å². The van der Waals surface area contributed by atoms with Gasteiger partial charge in [0.1, 0.15) is 5.75 Å². The first kappa shape index (κ1) is 20.5. The van der Waals surface area contributed by atoms with Crippen LogP contribution in [0.1, 0.15) is 53.2 Å². The van der Waals surface area contributed by atoms with Gasteiger partial charge >= 0.3 is 5.97 Å². The van der Waals surface area contributed by atoms with Crippen LogP contribution in [0.5, 0.6) is 5.75 Å². The fourth-order valence-corrected chi connectivity index (χ4v) is 3.34. The molecular formula is C22H27NO4. The Labute approximate surface area is 160 Å². The SMILES string of the molecule is CCC(C(=O)O)C(C)c1ccc(OC)c(NC(=O)c2ccc(C)cc2C)c1. The zero-order chi connectivity index (χ0) is 20.1. The maximum Gasteiger partial charge on any atom is 0.307 e. The van der Waals surface area contributed by atoms with Crippen LogP contribution in [-0.4, -0.2) is 24.1 Å². The molecule has 0 bridgehead atoms. The second-order valence-corrected chi connectivity index (χ2v) is 6.87. The number of carbonyl (C=O) groups excluding carboxylic acids is 1. The molecule has 27 heavy (non-hydrogen) atoms. The predicted molar refractivity (Wildman–Crippen MR) is 107 cm³/mol. The summed E-state index contributed by atoms with van der Waals surface area (Å²) in [6.45, 7) is 7.63. The third-order valence-corrected chi connectivity index (χ3v) is 4.98. The van der Waals surface area contributed by atoms with Gasteiger partial charge in [-0.3, -0.25) is 9.59 Å². The maximum absolute atomic E-state index is 12.7. The quantitative estimate of drug-likeness (QED) is 0.736. The summed E-state index contributed by atoms with van der Waals surface area (Å²) in [7, 11) is 1.54. The summed E-state index contributed by atoms with van der Waals surface area (Å²) in [6, 6.07) is 11.1. The molecule has 2 rings (SSSR count). The van der Waals surface area contributed by atoms with E-state index < -0.39 is 11.9 Å². The van der Waals surface area contributed by atoms with Crippen molar-refractivity contribution in [2.75, 3.05) is 12.4 Å². The normalized spacial score (nSPS) is 12.9. The first-order valence-corrected chi connectivity index (χ1v) is 9.07. The van der Waals surface area contributed by atoms with Crippen LogP contribution in [0.25, 0.3) is 0 Å². The Balaban J connectivity index is 2.35. The standard InChI is InChI=1S/C22H27NO4/c1-6-17(22(25)26)15(4)16-8-10-20(27-5)19(12-16)23-21(24)18-9-7-13(2)11-14(18)3/h7-12,15,17H,6H2,1-5H3,(H,23,24)(H,25,26). The van der Waals surface area contributed by atoms with Gasteiger partial charge in [-0.15, -0.1) is 0 Å². The molecule has 0 aliphatic carbocycles. The minimum atomic E-state index is -0.818. The molecule has 1 amide bonds. The number of ether oxygens (including phenoxy) is 1. The van der Waals surface area contributed by atoms with Crippen molar-refractivity contribution in [3.05, 3.63) is 58.7 Å². The van der Waals surface area contributed by atoms with Gasteiger partial charge in [-0.05, 0) is 55.5 Å². The second-order valence-electron chi connectivity index (χ2n) is 6.87. The van der Waals surface area contributed by atoms with E-state index in [1.165, 1.54) is 7.11 Å². The van der Waals surface area contributed by atoms with E-state index in [0.29, 0.717) is 23.4 Å². The van der Waals surface area contributed by atoms with Crippen molar-refractivity contribution in [2.45, 2.75) is 40.0 Å². The Kier molecular flexibility index (Phi) is 6.61. The summed E-state index contributed by atoms with van der Waals surface area (Å²) < 4.78 is 5.37. The molecular weight excluding hydrogens is 342 g/mol. The largest absolute Gasteiger partial charge is 0.495 e. The van der Waals surface area contributed by atoms with Crippen LogP contribution >= 0.6 is 0 Å². The van der Waals surface area contributed by atoms with E-state index >= 15 is 0 Å². The number of hydrogen-bond donors (Lipinski definition) is 2. The van der Waals surface area contributed by atoms with E-state index in [9.17, 15) is 14.7 Å². The zero-order valence-electron chi connectivity index (χ0n) is 16.5. The van der Waals surface area contributed by atoms with Gasteiger partial charge in [-0.2, -0.15) is 0 Å². The van der Waals surface area contributed by atoms with Gasteiger partial charge in [0.25, 0.3) is 5.91 Å². The molecule has 2 atom stereocenters. The Morgan fingerprint density at radius 1 is 1.15 bits per heavy atom. The number of nitrogens with one attached hydrogen (secondary N) is 1. The van der Waals surface area contributed by atoms with Crippen LogP contribution in [0, 0.1) is 19.8 Å². The van der Waals surface area contributed by atoms with Gasteiger partial charge in [0, 0.05) is 5.56 Å². The van der Waals surface area contributed by atoms with E-state index in [0.717, 1.165) is 16.7 Å². The van der Waals surface area contributed by atoms with Gasteiger partial charge in [0.15, 0.2) is 0 Å². The van der Waals surface area contributed by atoms with Gasteiger partial charge in [0.2, 0.25) is 0 Å². The number of benzene rings is 2. The molecule has 0 aliphatic heterocycles. The molecule has 0 spiro atoms.